The SMILES string of the molecule is CC[C@@H](N)C(=O)Nc1cccc(C(=O)O)c1C. The number of carbonyl (C=O) groups excluding carboxylic acids is 1. The van der Waals surface area contributed by atoms with Crippen molar-refractivity contribution >= 4 is 17.6 Å². The molecule has 92 valence electrons. The van der Waals surface area contributed by atoms with E-state index in [0.29, 0.717) is 17.7 Å². The quantitative estimate of drug-likeness (QED) is 0.736. The number of amides is 1. The summed E-state index contributed by atoms with van der Waals surface area (Å²) in [5.74, 6) is -1.32. The Bertz CT molecular complexity index is 443. The van der Waals surface area contributed by atoms with Gasteiger partial charge in [0.2, 0.25) is 5.91 Å². The van der Waals surface area contributed by atoms with E-state index in [1.165, 1.54) is 6.07 Å². The van der Waals surface area contributed by atoms with Crippen LogP contribution in [0, 0.1) is 6.92 Å². The van der Waals surface area contributed by atoms with Gasteiger partial charge in [-0.05, 0) is 31.0 Å². The maximum atomic E-state index is 11.6. The smallest absolute Gasteiger partial charge is 0.336 e. The number of carboxylic acids is 1. The van der Waals surface area contributed by atoms with Crippen LogP contribution in [0.25, 0.3) is 0 Å². The maximum absolute atomic E-state index is 11.6. The Labute approximate surface area is 99.6 Å². The lowest BCUT2D eigenvalue weighted by Gasteiger charge is -2.13. The van der Waals surface area contributed by atoms with Gasteiger partial charge in [0.05, 0.1) is 11.6 Å². The fourth-order valence-electron chi connectivity index (χ4n) is 1.41. The van der Waals surface area contributed by atoms with E-state index in [0.717, 1.165) is 0 Å². The highest BCUT2D eigenvalue weighted by atomic mass is 16.4. The van der Waals surface area contributed by atoms with E-state index >= 15 is 0 Å². The number of nitrogens with two attached hydrogens (primary N) is 1. The Morgan fingerprint density at radius 2 is 2.12 bits per heavy atom. The molecule has 1 rings (SSSR count). The molecule has 1 aromatic carbocycles. The highest BCUT2D eigenvalue weighted by Gasteiger charge is 2.15. The van der Waals surface area contributed by atoms with Gasteiger partial charge < -0.3 is 16.2 Å². The summed E-state index contributed by atoms with van der Waals surface area (Å²) in [6, 6.07) is 4.15. The van der Waals surface area contributed by atoms with Gasteiger partial charge in [-0.15, -0.1) is 0 Å². The fourth-order valence-corrected chi connectivity index (χ4v) is 1.41. The van der Waals surface area contributed by atoms with E-state index in [1.807, 2.05) is 6.92 Å². The molecule has 0 aliphatic carbocycles. The van der Waals surface area contributed by atoms with Crippen LogP contribution in [0.2, 0.25) is 0 Å². The minimum absolute atomic E-state index is 0.174. The third-order valence-electron chi connectivity index (χ3n) is 2.60. The molecule has 0 radical (unpaired) electrons. The third kappa shape index (κ3) is 3.04. The number of anilines is 1. The Morgan fingerprint density at radius 1 is 1.47 bits per heavy atom. The second-order valence-electron chi connectivity index (χ2n) is 3.79. The zero-order valence-corrected chi connectivity index (χ0v) is 9.86. The van der Waals surface area contributed by atoms with Crippen molar-refractivity contribution in [3.63, 3.8) is 0 Å². The van der Waals surface area contributed by atoms with Gasteiger partial charge in [0.1, 0.15) is 0 Å². The number of carbonyl (C=O) groups is 2. The molecule has 4 N–H and O–H groups in total. The van der Waals surface area contributed by atoms with Crippen LogP contribution in [0.4, 0.5) is 5.69 Å². The average Bonchev–Trinajstić information content (AvgIpc) is 2.30. The summed E-state index contributed by atoms with van der Waals surface area (Å²) in [6.07, 6.45) is 0.531. The monoisotopic (exact) mass is 236 g/mol. The van der Waals surface area contributed by atoms with Crippen molar-refractivity contribution in [3.05, 3.63) is 29.3 Å². The van der Waals surface area contributed by atoms with E-state index in [4.69, 9.17) is 10.8 Å². The van der Waals surface area contributed by atoms with Crippen LogP contribution in [-0.4, -0.2) is 23.0 Å². The molecule has 0 bridgehead atoms. The van der Waals surface area contributed by atoms with Crippen molar-refractivity contribution < 1.29 is 14.7 Å². The molecule has 0 heterocycles. The highest BCUT2D eigenvalue weighted by Crippen LogP contribution is 2.19. The fraction of sp³-hybridized carbons (Fsp3) is 0.333. The third-order valence-corrected chi connectivity index (χ3v) is 2.60. The summed E-state index contributed by atoms with van der Waals surface area (Å²) in [4.78, 5) is 22.5. The van der Waals surface area contributed by atoms with Gasteiger partial charge in [0.15, 0.2) is 0 Å². The lowest BCUT2D eigenvalue weighted by atomic mass is 10.1. The Morgan fingerprint density at radius 3 is 2.65 bits per heavy atom. The minimum Gasteiger partial charge on any atom is -0.478 e. The van der Waals surface area contributed by atoms with Gasteiger partial charge >= 0.3 is 5.97 Å². The van der Waals surface area contributed by atoms with Crippen molar-refractivity contribution in [2.24, 2.45) is 5.73 Å². The molecule has 0 unspecified atom stereocenters. The number of aromatic carboxylic acids is 1. The standard InChI is InChI=1S/C12H16N2O3/c1-3-9(13)11(15)14-10-6-4-5-8(7(10)2)12(16)17/h4-6,9H,3,13H2,1-2H3,(H,14,15)(H,16,17)/t9-/m1/s1. The second kappa shape index (κ2) is 5.45. The highest BCUT2D eigenvalue weighted by molar-refractivity contribution is 5.98. The first-order chi connectivity index (χ1) is 7.97. The Kier molecular flexibility index (Phi) is 4.23. The van der Waals surface area contributed by atoms with Gasteiger partial charge in [-0.2, -0.15) is 0 Å². The second-order valence-corrected chi connectivity index (χ2v) is 3.79. The molecule has 17 heavy (non-hydrogen) atoms. The van der Waals surface area contributed by atoms with Gasteiger partial charge in [-0.25, -0.2) is 4.79 Å². The molecule has 0 aliphatic rings. The molecule has 1 atom stereocenters. The molecule has 0 spiro atoms. The zero-order valence-electron chi connectivity index (χ0n) is 9.86. The summed E-state index contributed by atoms with van der Waals surface area (Å²) < 4.78 is 0. The molecule has 0 saturated heterocycles. The molecule has 1 amide bonds. The van der Waals surface area contributed by atoms with Crippen LogP contribution in [-0.2, 0) is 4.79 Å². The van der Waals surface area contributed by atoms with Crippen molar-refractivity contribution in [1.29, 1.82) is 0 Å². The summed E-state index contributed by atoms with van der Waals surface area (Å²) in [5, 5.41) is 11.6. The first kappa shape index (κ1) is 13.2. The number of carboxylic acid groups (broad SMARTS) is 1. The van der Waals surface area contributed by atoms with Gasteiger partial charge in [0.25, 0.3) is 0 Å². The normalized spacial score (nSPS) is 11.9. The average molecular weight is 236 g/mol. The van der Waals surface area contributed by atoms with Crippen molar-refractivity contribution in [2.75, 3.05) is 5.32 Å². The van der Waals surface area contributed by atoms with Crippen LogP contribution in [0.15, 0.2) is 18.2 Å². The summed E-state index contributed by atoms with van der Waals surface area (Å²) in [7, 11) is 0. The Balaban J connectivity index is 2.96. The first-order valence-corrected chi connectivity index (χ1v) is 5.36. The summed E-state index contributed by atoms with van der Waals surface area (Å²) in [5.41, 5.74) is 6.77. The first-order valence-electron chi connectivity index (χ1n) is 5.36. The van der Waals surface area contributed by atoms with Crippen LogP contribution in [0.1, 0.15) is 29.3 Å². The molecule has 5 nitrogen and oxygen atoms in total. The van der Waals surface area contributed by atoms with Crippen molar-refractivity contribution in [1.82, 2.24) is 0 Å². The van der Waals surface area contributed by atoms with Crippen LogP contribution >= 0.6 is 0 Å². The van der Waals surface area contributed by atoms with Crippen LogP contribution < -0.4 is 11.1 Å². The molecule has 1 aromatic rings. The zero-order chi connectivity index (χ0) is 13.0. The van der Waals surface area contributed by atoms with E-state index in [2.05, 4.69) is 5.32 Å². The molecular formula is C12H16N2O3. The number of nitrogens with one attached hydrogen (secondary N) is 1. The largest absolute Gasteiger partial charge is 0.478 e. The number of hydrogen-bond acceptors (Lipinski definition) is 3. The molecule has 0 aliphatic heterocycles. The predicted molar refractivity (Wildman–Crippen MR) is 65.0 cm³/mol. The Hall–Kier alpha value is -1.88. The van der Waals surface area contributed by atoms with Gasteiger partial charge in [-0.3, -0.25) is 4.79 Å². The topological polar surface area (TPSA) is 92.4 Å². The number of hydrogen-bond donors (Lipinski definition) is 3. The van der Waals surface area contributed by atoms with Crippen LogP contribution in [0.3, 0.4) is 0 Å². The molecule has 0 saturated carbocycles. The molecule has 0 fully saturated rings. The van der Waals surface area contributed by atoms with Crippen molar-refractivity contribution in [2.45, 2.75) is 26.3 Å². The number of benzene rings is 1. The number of rotatable bonds is 4. The van der Waals surface area contributed by atoms with Crippen molar-refractivity contribution in [3.8, 4) is 0 Å². The van der Waals surface area contributed by atoms with E-state index in [1.54, 1.807) is 19.1 Å². The van der Waals surface area contributed by atoms with Gasteiger partial charge in [-0.1, -0.05) is 13.0 Å². The lowest BCUT2D eigenvalue weighted by Crippen LogP contribution is -2.35. The maximum Gasteiger partial charge on any atom is 0.336 e. The summed E-state index contributed by atoms with van der Waals surface area (Å²) in [6.45, 7) is 3.46. The molecular weight excluding hydrogens is 220 g/mol. The minimum atomic E-state index is -1.02. The molecule has 0 aromatic heterocycles. The van der Waals surface area contributed by atoms with Crippen LogP contribution in [0.5, 0.6) is 0 Å². The summed E-state index contributed by atoms with van der Waals surface area (Å²) >= 11 is 0. The molecule has 5 heteroatoms. The van der Waals surface area contributed by atoms with E-state index in [-0.39, 0.29) is 11.5 Å². The lowest BCUT2D eigenvalue weighted by molar-refractivity contribution is -0.117. The van der Waals surface area contributed by atoms with Gasteiger partial charge in [0, 0.05) is 5.69 Å². The van der Waals surface area contributed by atoms with E-state index in [9.17, 15) is 9.59 Å². The predicted octanol–water partition coefficient (Wildman–Crippen LogP) is 1.37. The van der Waals surface area contributed by atoms with E-state index < -0.39 is 12.0 Å².